The first-order valence-corrected chi connectivity index (χ1v) is 4.88. The van der Waals surface area contributed by atoms with Crippen molar-refractivity contribution in [1.29, 1.82) is 0 Å². The summed E-state index contributed by atoms with van der Waals surface area (Å²) >= 11 is 0. The lowest BCUT2D eigenvalue weighted by Crippen LogP contribution is -2.42. The number of pyridine rings is 1. The van der Waals surface area contributed by atoms with Gasteiger partial charge in [-0.15, -0.1) is 0 Å². The van der Waals surface area contributed by atoms with E-state index in [9.17, 15) is 4.39 Å². The minimum absolute atomic E-state index is 0.208. The van der Waals surface area contributed by atoms with Crippen molar-refractivity contribution in [2.75, 3.05) is 18.0 Å². The third-order valence-corrected chi connectivity index (χ3v) is 2.53. The summed E-state index contributed by atoms with van der Waals surface area (Å²) in [6, 6.07) is 3.49. The molecule has 0 radical (unpaired) electrons. The number of hydrogen-bond donors (Lipinski definition) is 1. The van der Waals surface area contributed by atoms with Crippen molar-refractivity contribution >= 4 is 5.69 Å². The molecule has 14 heavy (non-hydrogen) atoms. The first-order valence-electron chi connectivity index (χ1n) is 4.88. The number of hydrogen-bond acceptors (Lipinski definition) is 3. The monoisotopic (exact) mass is 195 g/mol. The summed E-state index contributed by atoms with van der Waals surface area (Å²) in [5.74, 6) is -0.429. The summed E-state index contributed by atoms with van der Waals surface area (Å²) in [5.41, 5.74) is 6.73. The molecule has 0 bridgehead atoms. The van der Waals surface area contributed by atoms with Gasteiger partial charge in [0.15, 0.2) is 0 Å². The van der Waals surface area contributed by atoms with E-state index >= 15 is 0 Å². The van der Waals surface area contributed by atoms with E-state index < -0.39 is 5.95 Å². The summed E-state index contributed by atoms with van der Waals surface area (Å²) in [4.78, 5) is 5.64. The van der Waals surface area contributed by atoms with E-state index in [1.807, 2.05) is 6.07 Å². The van der Waals surface area contributed by atoms with Crippen LogP contribution in [0.3, 0.4) is 0 Å². The van der Waals surface area contributed by atoms with Crippen LogP contribution in [0.5, 0.6) is 0 Å². The molecule has 1 aromatic rings. The van der Waals surface area contributed by atoms with Crippen LogP contribution >= 0.6 is 0 Å². The van der Waals surface area contributed by atoms with Crippen molar-refractivity contribution in [1.82, 2.24) is 4.98 Å². The van der Waals surface area contributed by atoms with Gasteiger partial charge in [-0.3, -0.25) is 0 Å². The Morgan fingerprint density at radius 2 is 2.43 bits per heavy atom. The van der Waals surface area contributed by atoms with Crippen LogP contribution in [0.15, 0.2) is 18.3 Å². The number of anilines is 1. The maximum absolute atomic E-state index is 12.9. The van der Waals surface area contributed by atoms with Gasteiger partial charge in [0.2, 0.25) is 5.95 Å². The molecular weight excluding hydrogens is 181 g/mol. The molecule has 0 spiro atoms. The van der Waals surface area contributed by atoms with Crippen LogP contribution < -0.4 is 10.6 Å². The summed E-state index contributed by atoms with van der Waals surface area (Å²) in [5, 5.41) is 0. The van der Waals surface area contributed by atoms with E-state index in [0.29, 0.717) is 0 Å². The summed E-state index contributed by atoms with van der Waals surface area (Å²) in [6.45, 7) is 1.76. The minimum Gasteiger partial charge on any atom is -0.370 e. The lowest BCUT2D eigenvalue weighted by molar-refractivity contribution is 0.504. The van der Waals surface area contributed by atoms with Gasteiger partial charge in [-0.2, -0.15) is 4.39 Å². The SMILES string of the molecule is NC1CCCN(c2ccnc(F)c2)C1. The van der Waals surface area contributed by atoms with Crippen LogP contribution in [0.25, 0.3) is 0 Å². The molecule has 1 fully saturated rings. The highest BCUT2D eigenvalue weighted by Gasteiger charge is 2.17. The Kier molecular flexibility index (Phi) is 2.63. The normalized spacial score (nSPS) is 22.4. The van der Waals surface area contributed by atoms with Gasteiger partial charge in [0.25, 0.3) is 0 Å². The van der Waals surface area contributed by atoms with Crippen molar-refractivity contribution in [3.63, 3.8) is 0 Å². The Labute approximate surface area is 82.7 Å². The quantitative estimate of drug-likeness (QED) is 0.683. The Morgan fingerprint density at radius 1 is 1.57 bits per heavy atom. The molecule has 0 saturated carbocycles. The second kappa shape index (κ2) is 3.92. The summed E-state index contributed by atoms with van der Waals surface area (Å²) < 4.78 is 12.9. The van der Waals surface area contributed by atoms with Crippen molar-refractivity contribution in [2.24, 2.45) is 5.73 Å². The van der Waals surface area contributed by atoms with Crippen LogP contribution in [0, 0.1) is 5.95 Å². The minimum atomic E-state index is -0.429. The van der Waals surface area contributed by atoms with Crippen LogP contribution in [-0.4, -0.2) is 24.1 Å². The Morgan fingerprint density at radius 3 is 3.14 bits per heavy atom. The number of nitrogens with zero attached hydrogens (tertiary/aromatic N) is 2. The molecule has 3 nitrogen and oxygen atoms in total. The van der Waals surface area contributed by atoms with E-state index in [0.717, 1.165) is 31.6 Å². The molecular formula is C10H14FN3. The van der Waals surface area contributed by atoms with Gasteiger partial charge in [0.1, 0.15) is 0 Å². The van der Waals surface area contributed by atoms with E-state index in [2.05, 4.69) is 9.88 Å². The van der Waals surface area contributed by atoms with Crippen molar-refractivity contribution < 1.29 is 4.39 Å². The third kappa shape index (κ3) is 2.01. The van der Waals surface area contributed by atoms with Crippen LogP contribution in [-0.2, 0) is 0 Å². The maximum atomic E-state index is 12.9. The fraction of sp³-hybridized carbons (Fsp3) is 0.500. The van der Waals surface area contributed by atoms with Gasteiger partial charge < -0.3 is 10.6 Å². The summed E-state index contributed by atoms with van der Waals surface area (Å²) in [7, 11) is 0. The second-order valence-corrected chi connectivity index (χ2v) is 3.69. The van der Waals surface area contributed by atoms with E-state index in [4.69, 9.17) is 5.73 Å². The van der Waals surface area contributed by atoms with Gasteiger partial charge >= 0.3 is 0 Å². The fourth-order valence-electron chi connectivity index (χ4n) is 1.83. The molecule has 0 amide bonds. The molecule has 1 saturated heterocycles. The summed E-state index contributed by atoms with van der Waals surface area (Å²) in [6.07, 6.45) is 3.62. The smallest absolute Gasteiger partial charge is 0.214 e. The van der Waals surface area contributed by atoms with Gasteiger partial charge in [0, 0.05) is 37.1 Å². The number of nitrogens with two attached hydrogens (primary N) is 1. The molecule has 2 N–H and O–H groups in total. The molecule has 1 aliphatic heterocycles. The molecule has 1 unspecified atom stereocenters. The zero-order chi connectivity index (χ0) is 9.97. The first-order chi connectivity index (χ1) is 6.75. The second-order valence-electron chi connectivity index (χ2n) is 3.69. The molecule has 0 aromatic carbocycles. The Balaban J connectivity index is 2.14. The fourth-order valence-corrected chi connectivity index (χ4v) is 1.83. The standard InChI is InChI=1S/C10H14FN3/c11-10-6-9(3-4-13-10)14-5-1-2-8(12)7-14/h3-4,6,8H,1-2,5,7,12H2. The Hall–Kier alpha value is -1.16. The molecule has 0 aliphatic carbocycles. The number of halogens is 1. The highest BCUT2D eigenvalue weighted by molar-refractivity contribution is 5.45. The molecule has 2 rings (SSSR count). The zero-order valence-electron chi connectivity index (χ0n) is 7.99. The lowest BCUT2D eigenvalue weighted by Gasteiger charge is -2.32. The van der Waals surface area contributed by atoms with Crippen LogP contribution in [0.1, 0.15) is 12.8 Å². The van der Waals surface area contributed by atoms with Gasteiger partial charge in [0.05, 0.1) is 0 Å². The van der Waals surface area contributed by atoms with Crippen LogP contribution in [0.2, 0.25) is 0 Å². The number of aromatic nitrogens is 1. The molecule has 2 heterocycles. The van der Waals surface area contributed by atoms with E-state index in [1.165, 1.54) is 12.3 Å². The van der Waals surface area contributed by atoms with E-state index in [-0.39, 0.29) is 6.04 Å². The number of piperidine rings is 1. The topological polar surface area (TPSA) is 42.1 Å². The molecule has 1 aromatic heterocycles. The highest BCUT2D eigenvalue weighted by Crippen LogP contribution is 2.18. The van der Waals surface area contributed by atoms with Crippen molar-refractivity contribution in [3.8, 4) is 0 Å². The van der Waals surface area contributed by atoms with Gasteiger partial charge in [-0.05, 0) is 18.9 Å². The van der Waals surface area contributed by atoms with Crippen molar-refractivity contribution in [3.05, 3.63) is 24.3 Å². The molecule has 1 atom stereocenters. The van der Waals surface area contributed by atoms with Crippen LogP contribution in [0.4, 0.5) is 10.1 Å². The first kappa shape index (κ1) is 9.40. The van der Waals surface area contributed by atoms with Gasteiger partial charge in [-0.25, -0.2) is 4.98 Å². The maximum Gasteiger partial charge on any atom is 0.214 e. The average Bonchev–Trinajstić information content (AvgIpc) is 2.18. The van der Waals surface area contributed by atoms with E-state index in [1.54, 1.807) is 0 Å². The predicted molar refractivity (Wildman–Crippen MR) is 53.6 cm³/mol. The number of rotatable bonds is 1. The average molecular weight is 195 g/mol. The highest BCUT2D eigenvalue weighted by atomic mass is 19.1. The zero-order valence-corrected chi connectivity index (χ0v) is 7.99. The van der Waals surface area contributed by atoms with Crippen molar-refractivity contribution in [2.45, 2.75) is 18.9 Å². The largest absolute Gasteiger partial charge is 0.370 e. The molecule has 76 valence electrons. The van der Waals surface area contributed by atoms with Gasteiger partial charge in [-0.1, -0.05) is 0 Å². The predicted octanol–water partition coefficient (Wildman–Crippen LogP) is 1.15. The molecule has 4 heteroatoms. The Bertz CT molecular complexity index is 316. The third-order valence-electron chi connectivity index (χ3n) is 2.53. The molecule has 1 aliphatic rings. The lowest BCUT2D eigenvalue weighted by atomic mass is 10.1.